The number of nitrogens with zero attached hydrogens (tertiary/aromatic N) is 4. The first kappa shape index (κ1) is 24.1. The lowest BCUT2D eigenvalue weighted by Gasteiger charge is -2.09. The topological polar surface area (TPSA) is 130 Å². The van der Waals surface area contributed by atoms with Crippen LogP contribution in [0.4, 0.5) is 5.82 Å². The number of benzene rings is 2. The monoisotopic (exact) mass is 496 g/mol. The van der Waals surface area contributed by atoms with E-state index in [1.165, 1.54) is 4.68 Å². The summed E-state index contributed by atoms with van der Waals surface area (Å²) < 4.78 is 18.2. The second kappa shape index (κ2) is 10.5. The SMILES string of the molecule is CCOc1ccc(-c2nc(Cn3nnc(C(=O)NCc4ccc(Cl)cc4)c3N)c(C)o2)cc1OC. The third kappa shape index (κ3) is 5.38. The van der Waals surface area contributed by atoms with Crippen molar-refractivity contribution in [2.75, 3.05) is 19.5 Å². The van der Waals surface area contributed by atoms with Crippen molar-refractivity contribution in [2.45, 2.75) is 26.9 Å². The van der Waals surface area contributed by atoms with Gasteiger partial charge in [0.25, 0.3) is 5.91 Å². The minimum absolute atomic E-state index is 0.0385. The number of carbonyl (C=O) groups is 1. The Kier molecular flexibility index (Phi) is 7.21. The van der Waals surface area contributed by atoms with Crippen molar-refractivity contribution in [2.24, 2.45) is 0 Å². The molecule has 0 saturated carbocycles. The van der Waals surface area contributed by atoms with Gasteiger partial charge in [0.1, 0.15) is 11.5 Å². The molecule has 0 atom stereocenters. The second-order valence-corrected chi connectivity index (χ2v) is 8.05. The molecule has 4 rings (SSSR count). The maximum atomic E-state index is 12.6. The fourth-order valence-corrected chi connectivity index (χ4v) is 3.51. The molecule has 0 aliphatic carbocycles. The maximum Gasteiger partial charge on any atom is 0.275 e. The van der Waals surface area contributed by atoms with Crippen LogP contribution >= 0.6 is 11.6 Å². The Morgan fingerprint density at radius 2 is 1.97 bits per heavy atom. The standard InChI is InChI=1S/C24H25ClN6O4/c1-4-34-19-10-7-16(11-20(19)33-3)24-28-18(14(2)35-24)13-31-22(26)21(29-30-31)23(32)27-12-15-5-8-17(25)9-6-15/h5-11H,4,12-13,26H2,1-3H3,(H,27,32). The summed E-state index contributed by atoms with van der Waals surface area (Å²) in [4.78, 5) is 17.2. The van der Waals surface area contributed by atoms with Gasteiger partial charge >= 0.3 is 0 Å². The summed E-state index contributed by atoms with van der Waals surface area (Å²) >= 11 is 5.89. The lowest BCUT2D eigenvalue weighted by Crippen LogP contribution is -2.24. The Hall–Kier alpha value is -4.05. The Balaban J connectivity index is 1.48. The highest BCUT2D eigenvalue weighted by atomic mass is 35.5. The molecule has 3 N–H and O–H groups in total. The Bertz CT molecular complexity index is 1330. The van der Waals surface area contributed by atoms with Gasteiger partial charge in [0, 0.05) is 17.1 Å². The summed E-state index contributed by atoms with van der Waals surface area (Å²) in [5.74, 6) is 1.93. The van der Waals surface area contributed by atoms with Crippen molar-refractivity contribution in [1.82, 2.24) is 25.3 Å². The smallest absolute Gasteiger partial charge is 0.275 e. The number of aromatic nitrogens is 4. The van der Waals surface area contributed by atoms with Crippen LogP contribution < -0.4 is 20.5 Å². The number of nitrogens with two attached hydrogens (primary N) is 1. The summed E-state index contributed by atoms with van der Waals surface area (Å²) in [5, 5.41) is 11.4. The van der Waals surface area contributed by atoms with Gasteiger partial charge in [-0.05, 0) is 49.7 Å². The predicted octanol–water partition coefficient (Wildman–Crippen LogP) is 3.86. The molecule has 0 unspecified atom stereocenters. The third-order valence-electron chi connectivity index (χ3n) is 5.26. The molecule has 0 spiro atoms. The van der Waals surface area contributed by atoms with Crippen molar-refractivity contribution in [3.63, 3.8) is 0 Å². The number of aryl methyl sites for hydroxylation is 1. The Labute approximate surface area is 207 Å². The molecule has 0 aliphatic heterocycles. The highest BCUT2D eigenvalue weighted by molar-refractivity contribution is 6.30. The molecule has 182 valence electrons. The number of nitrogens with one attached hydrogen (secondary N) is 1. The number of oxazole rings is 1. The van der Waals surface area contributed by atoms with E-state index in [-0.39, 0.29) is 18.1 Å². The van der Waals surface area contributed by atoms with Gasteiger partial charge < -0.3 is 24.9 Å². The van der Waals surface area contributed by atoms with Crippen LogP contribution in [0.3, 0.4) is 0 Å². The summed E-state index contributed by atoms with van der Waals surface area (Å²) in [6, 6.07) is 12.6. The van der Waals surface area contributed by atoms with E-state index in [9.17, 15) is 4.79 Å². The zero-order valence-electron chi connectivity index (χ0n) is 19.5. The van der Waals surface area contributed by atoms with Crippen LogP contribution in [0.1, 0.15) is 34.4 Å². The van der Waals surface area contributed by atoms with E-state index in [2.05, 4.69) is 20.6 Å². The van der Waals surface area contributed by atoms with Crippen molar-refractivity contribution >= 4 is 23.3 Å². The van der Waals surface area contributed by atoms with Gasteiger partial charge in [-0.15, -0.1) is 5.10 Å². The van der Waals surface area contributed by atoms with Crippen LogP contribution in [-0.2, 0) is 13.1 Å². The molecule has 4 aromatic rings. The van der Waals surface area contributed by atoms with Gasteiger partial charge in [-0.2, -0.15) is 0 Å². The molecule has 2 heterocycles. The summed E-state index contributed by atoms with van der Waals surface area (Å²) in [6.07, 6.45) is 0. The Morgan fingerprint density at radius 3 is 2.69 bits per heavy atom. The lowest BCUT2D eigenvalue weighted by atomic mass is 10.2. The summed E-state index contributed by atoms with van der Waals surface area (Å²) in [6.45, 7) is 4.72. The highest BCUT2D eigenvalue weighted by Gasteiger charge is 2.20. The molecule has 35 heavy (non-hydrogen) atoms. The molecule has 0 fully saturated rings. The van der Waals surface area contributed by atoms with E-state index in [0.29, 0.717) is 47.0 Å². The van der Waals surface area contributed by atoms with Crippen molar-refractivity contribution in [3.8, 4) is 23.0 Å². The van der Waals surface area contributed by atoms with Gasteiger partial charge in [0.15, 0.2) is 23.0 Å². The van der Waals surface area contributed by atoms with Gasteiger partial charge in [-0.25, -0.2) is 9.67 Å². The normalized spacial score (nSPS) is 10.9. The molecule has 2 aromatic carbocycles. The van der Waals surface area contributed by atoms with E-state index in [4.69, 9.17) is 31.2 Å². The van der Waals surface area contributed by atoms with E-state index in [1.807, 2.05) is 25.1 Å². The maximum absolute atomic E-state index is 12.6. The first-order valence-corrected chi connectivity index (χ1v) is 11.3. The molecule has 0 bridgehead atoms. The minimum atomic E-state index is -0.428. The quantitative estimate of drug-likeness (QED) is 0.357. The van der Waals surface area contributed by atoms with Crippen molar-refractivity contribution < 1.29 is 18.7 Å². The summed E-state index contributed by atoms with van der Waals surface area (Å²) in [5.41, 5.74) is 8.43. The zero-order valence-corrected chi connectivity index (χ0v) is 20.3. The largest absolute Gasteiger partial charge is 0.493 e. The molecular formula is C24H25ClN6O4. The molecule has 11 heteroatoms. The number of methoxy groups -OCH3 is 1. The molecule has 0 radical (unpaired) electrons. The molecule has 1 amide bonds. The van der Waals surface area contributed by atoms with Gasteiger partial charge in [-0.3, -0.25) is 4.79 Å². The molecule has 0 saturated heterocycles. The molecular weight excluding hydrogens is 472 g/mol. The number of amides is 1. The number of nitrogen functional groups attached to an aromatic ring is 1. The number of carbonyl (C=O) groups excluding carboxylic acids is 1. The Morgan fingerprint density at radius 1 is 1.20 bits per heavy atom. The van der Waals surface area contributed by atoms with Crippen molar-refractivity contribution in [1.29, 1.82) is 0 Å². The summed E-state index contributed by atoms with van der Waals surface area (Å²) in [7, 11) is 1.57. The number of anilines is 1. The number of halogens is 1. The van der Waals surface area contributed by atoms with E-state index in [1.54, 1.807) is 38.3 Å². The average molecular weight is 497 g/mol. The number of rotatable bonds is 9. The van der Waals surface area contributed by atoms with Crippen LogP contribution in [-0.4, -0.2) is 39.6 Å². The van der Waals surface area contributed by atoms with Crippen LogP contribution in [0.25, 0.3) is 11.5 Å². The third-order valence-corrected chi connectivity index (χ3v) is 5.51. The number of ether oxygens (including phenoxy) is 2. The van der Waals surface area contributed by atoms with Gasteiger partial charge in [0.2, 0.25) is 5.89 Å². The molecule has 10 nitrogen and oxygen atoms in total. The highest BCUT2D eigenvalue weighted by Crippen LogP contribution is 2.33. The zero-order chi connectivity index (χ0) is 24.9. The lowest BCUT2D eigenvalue weighted by molar-refractivity contribution is 0.0946. The minimum Gasteiger partial charge on any atom is -0.493 e. The van der Waals surface area contributed by atoms with Gasteiger partial charge in [-0.1, -0.05) is 28.9 Å². The second-order valence-electron chi connectivity index (χ2n) is 7.61. The molecule has 0 aliphatic rings. The fourth-order valence-electron chi connectivity index (χ4n) is 3.38. The van der Waals surface area contributed by atoms with Crippen LogP contribution in [0.15, 0.2) is 46.9 Å². The van der Waals surface area contributed by atoms with Crippen LogP contribution in [0.5, 0.6) is 11.5 Å². The predicted molar refractivity (Wildman–Crippen MR) is 131 cm³/mol. The van der Waals surface area contributed by atoms with Crippen LogP contribution in [0, 0.1) is 6.92 Å². The first-order chi connectivity index (χ1) is 16.9. The van der Waals surface area contributed by atoms with E-state index >= 15 is 0 Å². The van der Waals surface area contributed by atoms with Gasteiger partial charge in [0.05, 0.1) is 20.3 Å². The van der Waals surface area contributed by atoms with Crippen LogP contribution in [0.2, 0.25) is 5.02 Å². The van der Waals surface area contributed by atoms with Crippen molar-refractivity contribution in [3.05, 3.63) is 70.2 Å². The first-order valence-electron chi connectivity index (χ1n) is 10.9. The number of hydrogen-bond acceptors (Lipinski definition) is 8. The molecule has 2 aromatic heterocycles. The average Bonchev–Trinajstić information content (AvgIpc) is 3.41. The van der Waals surface area contributed by atoms with E-state index in [0.717, 1.165) is 11.1 Å². The number of hydrogen-bond donors (Lipinski definition) is 2. The van der Waals surface area contributed by atoms with E-state index < -0.39 is 5.91 Å². The fraction of sp³-hybridized carbons (Fsp3) is 0.250.